The van der Waals surface area contributed by atoms with Crippen LogP contribution in [0.2, 0.25) is 0 Å². The van der Waals surface area contributed by atoms with Gasteiger partial charge in [-0.05, 0) is 12.1 Å². The maximum Gasteiger partial charge on any atom is 0.0825 e. The zero-order valence-corrected chi connectivity index (χ0v) is 8.90. The average molecular weight is 208 g/mol. The van der Waals surface area contributed by atoms with Gasteiger partial charge in [0, 0.05) is 30.7 Å². The van der Waals surface area contributed by atoms with Crippen LogP contribution in [0.5, 0.6) is 0 Å². The van der Waals surface area contributed by atoms with E-state index in [0.717, 1.165) is 18.7 Å². The quantitative estimate of drug-likeness (QED) is 0.605. The monoisotopic (exact) mass is 208 g/mol. The van der Waals surface area contributed by atoms with E-state index >= 15 is 0 Å². The van der Waals surface area contributed by atoms with Gasteiger partial charge in [0.2, 0.25) is 0 Å². The topological polar surface area (TPSA) is 57.5 Å². The summed E-state index contributed by atoms with van der Waals surface area (Å²) in [6.07, 6.45) is 2.76. The summed E-state index contributed by atoms with van der Waals surface area (Å²) < 4.78 is 0. The van der Waals surface area contributed by atoms with Crippen molar-refractivity contribution in [1.29, 1.82) is 0 Å². The van der Waals surface area contributed by atoms with Gasteiger partial charge >= 0.3 is 0 Å². The summed E-state index contributed by atoms with van der Waals surface area (Å²) in [5, 5.41) is 10.2. The summed E-state index contributed by atoms with van der Waals surface area (Å²) in [7, 11) is 1.98. The largest absolute Gasteiger partial charge is 0.550 e. The third-order valence-corrected chi connectivity index (χ3v) is 2.29. The lowest BCUT2D eigenvalue weighted by molar-refractivity contribution is -0.879. The highest BCUT2D eigenvalue weighted by Crippen LogP contribution is 1.91. The molecule has 0 aliphatic rings. The van der Waals surface area contributed by atoms with E-state index in [0.29, 0.717) is 6.54 Å². The van der Waals surface area contributed by atoms with E-state index in [-0.39, 0.29) is 6.42 Å². The zero-order chi connectivity index (χ0) is 11.1. The Morgan fingerprint density at radius 2 is 2.27 bits per heavy atom. The fraction of sp³-hybridized carbons (Fsp3) is 0.455. The normalized spacial score (nSPS) is 12.3. The number of carboxylic acid groups (broad SMARTS) is 1. The summed E-state index contributed by atoms with van der Waals surface area (Å²) in [4.78, 5) is 15.6. The highest BCUT2D eigenvalue weighted by atomic mass is 16.4. The Bertz CT molecular complexity index is 301. The molecule has 0 fully saturated rings. The molecule has 1 aromatic heterocycles. The van der Waals surface area contributed by atoms with Crippen molar-refractivity contribution in [2.24, 2.45) is 0 Å². The molecule has 0 aromatic carbocycles. The smallest absolute Gasteiger partial charge is 0.0825 e. The maximum atomic E-state index is 10.2. The van der Waals surface area contributed by atoms with Gasteiger partial charge in [0.1, 0.15) is 0 Å². The molecule has 0 saturated carbocycles. The van der Waals surface area contributed by atoms with E-state index in [2.05, 4.69) is 4.98 Å². The number of aliphatic carboxylic acids is 1. The molecule has 0 saturated heterocycles. The van der Waals surface area contributed by atoms with Gasteiger partial charge in [0.15, 0.2) is 0 Å². The molecule has 82 valence electrons. The maximum absolute atomic E-state index is 10.2. The molecule has 0 bridgehead atoms. The predicted molar refractivity (Wildman–Crippen MR) is 54.2 cm³/mol. The van der Waals surface area contributed by atoms with Crippen LogP contribution < -0.4 is 10.0 Å². The molecule has 1 N–H and O–H groups in total. The van der Waals surface area contributed by atoms with Crippen molar-refractivity contribution in [3.05, 3.63) is 30.1 Å². The number of quaternary nitrogens is 1. The molecule has 4 nitrogen and oxygen atoms in total. The number of carboxylic acids is 1. The number of carbonyl (C=O) groups excluding carboxylic acids is 1. The summed E-state index contributed by atoms with van der Waals surface area (Å²) in [5.74, 6) is -0.979. The Balaban J connectivity index is 2.22. The lowest BCUT2D eigenvalue weighted by Crippen LogP contribution is -3.09. The first kappa shape index (κ1) is 11.7. The summed E-state index contributed by atoms with van der Waals surface area (Å²) in [5.41, 5.74) is 1.05. The van der Waals surface area contributed by atoms with Gasteiger partial charge in [-0.15, -0.1) is 0 Å². The summed E-state index contributed by atoms with van der Waals surface area (Å²) in [6.45, 7) is 1.50. The minimum absolute atomic E-state index is 0.119. The number of aromatic nitrogens is 1. The Kier molecular flexibility index (Phi) is 4.77. The number of hydrogen-bond donors (Lipinski definition) is 1. The van der Waals surface area contributed by atoms with E-state index in [1.807, 2.05) is 25.2 Å². The van der Waals surface area contributed by atoms with Gasteiger partial charge < -0.3 is 14.8 Å². The molecule has 0 amide bonds. The summed E-state index contributed by atoms with van der Waals surface area (Å²) >= 11 is 0. The minimum Gasteiger partial charge on any atom is -0.550 e. The fourth-order valence-electron chi connectivity index (χ4n) is 1.33. The van der Waals surface area contributed by atoms with Crippen molar-refractivity contribution in [3.8, 4) is 0 Å². The van der Waals surface area contributed by atoms with Crippen molar-refractivity contribution < 1.29 is 14.8 Å². The van der Waals surface area contributed by atoms with Crippen molar-refractivity contribution >= 4 is 5.97 Å². The van der Waals surface area contributed by atoms with Crippen LogP contribution >= 0.6 is 0 Å². The second-order valence-electron chi connectivity index (χ2n) is 3.65. The molecule has 0 radical (unpaired) electrons. The highest BCUT2D eigenvalue weighted by Gasteiger charge is 2.02. The number of nitrogens with one attached hydrogen (secondary N) is 1. The van der Waals surface area contributed by atoms with Gasteiger partial charge in [0.25, 0.3) is 0 Å². The van der Waals surface area contributed by atoms with Crippen molar-refractivity contribution in [3.63, 3.8) is 0 Å². The second-order valence-corrected chi connectivity index (χ2v) is 3.65. The fourth-order valence-corrected chi connectivity index (χ4v) is 1.33. The molecule has 1 aromatic rings. The Morgan fingerprint density at radius 3 is 2.87 bits per heavy atom. The molecule has 1 heterocycles. The number of rotatable bonds is 6. The SMILES string of the molecule is C[NH+](CCC(=O)[O-])CCc1ccccn1. The first-order chi connectivity index (χ1) is 7.18. The summed E-state index contributed by atoms with van der Waals surface area (Å²) in [6, 6.07) is 5.82. The lowest BCUT2D eigenvalue weighted by Gasteiger charge is -2.13. The molecular weight excluding hydrogens is 192 g/mol. The van der Waals surface area contributed by atoms with E-state index in [4.69, 9.17) is 0 Å². The predicted octanol–water partition coefficient (Wildman–Crippen LogP) is -1.72. The van der Waals surface area contributed by atoms with Crippen LogP contribution in [0, 0.1) is 0 Å². The highest BCUT2D eigenvalue weighted by molar-refractivity contribution is 5.64. The second kappa shape index (κ2) is 6.14. The molecule has 0 spiro atoms. The minimum atomic E-state index is -0.979. The first-order valence-electron chi connectivity index (χ1n) is 5.09. The van der Waals surface area contributed by atoms with Gasteiger partial charge in [-0.25, -0.2) is 0 Å². The first-order valence-corrected chi connectivity index (χ1v) is 5.09. The van der Waals surface area contributed by atoms with Gasteiger partial charge in [0.05, 0.1) is 20.1 Å². The van der Waals surface area contributed by atoms with E-state index < -0.39 is 5.97 Å². The van der Waals surface area contributed by atoms with Crippen LogP contribution in [-0.4, -0.2) is 31.1 Å². The molecule has 0 aliphatic heterocycles. The number of hydrogen-bond acceptors (Lipinski definition) is 3. The number of nitrogens with zero attached hydrogens (tertiary/aromatic N) is 1. The molecule has 1 rings (SSSR count). The third-order valence-electron chi connectivity index (χ3n) is 2.29. The van der Waals surface area contributed by atoms with Crippen molar-refractivity contribution in [1.82, 2.24) is 4.98 Å². The Morgan fingerprint density at radius 1 is 1.47 bits per heavy atom. The number of carbonyl (C=O) groups is 1. The van der Waals surface area contributed by atoms with Gasteiger partial charge in [-0.3, -0.25) is 4.98 Å². The molecule has 15 heavy (non-hydrogen) atoms. The standard InChI is InChI=1S/C11H16N2O2/c1-13(9-6-11(14)15)8-5-10-4-2-3-7-12-10/h2-4,7H,5-6,8-9H2,1H3,(H,14,15). The van der Waals surface area contributed by atoms with Crippen LogP contribution in [0.15, 0.2) is 24.4 Å². The number of likely N-dealkylation sites (N-methyl/N-ethyl adjacent to an activating group) is 1. The van der Waals surface area contributed by atoms with E-state index in [1.165, 1.54) is 4.90 Å². The van der Waals surface area contributed by atoms with Crippen LogP contribution in [0.25, 0.3) is 0 Å². The van der Waals surface area contributed by atoms with Gasteiger partial charge in [-0.1, -0.05) is 6.07 Å². The molecule has 1 atom stereocenters. The third kappa shape index (κ3) is 5.12. The van der Waals surface area contributed by atoms with Crippen molar-refractivity contribution in [2.75, 3.05) is 20.1 Å². The van der Waals surface area contributed by atoms with Crippen LogP contribution in [0.4, 0.5) is 0 Å². The van der Waals surface area contributed by atoms with Gasteiger partial charge in [-0.2, -0.15) is 0 Å². The molecule has 4 heteroatoms. The number of pyridine rings is 1. The molecule has 0 aliphatic carbocycles. The average Bonchev–Trinajstić information content (AvgIpc) is 2.25. The van der Waals surface area contributed by atoms with E-state index in [1.54, 1.807) is 6.20 Å². The van der Waals surface area contributed by atoms with Crippen LogP contribution in [-0.2, 0) is 11.2 Å². The van der Waals surface area contributed by atoms with Crippen LogP contribution in [0.1, 0.15) is 12.1 Å². The molecular formula is C11H16N2O2. The van der Waals surface area contributed by atoms with Crippen LogP contribution in [0.3, 0.4) is 0 Å². The van der Waals surface area contributed by atoms with E-state index in [9.17, 15) is 9.90 Å². The lowest BCUT2D eigenvalue weighted by atomic mass is 10.2. The Hall–Kier alpha value is -1.42. The Labute approximate surface area is 89.6 Å². The zero-order valence-electron chi connectivity index (χ0n) is 8.90. The molecule has 1 unspecified atom stereocenters. The van der Waals surface area contributed by atoms with Crippen molar-refractivity contribution in [2.45, 2.75) is 12.8 Å².